The molecule has 3 rings (SSSR count). The van der Waals surface area contributed by atoms with Crippen LogP contribution in [-0.2, 0) is 0 Å². The van der Waals surface area contributed by atoms with E-state index >= 15 is 0 Å². The van der Waals surface area contributed by atoms with Crippen molar-refractivity contribution < 1.29 is 9.53 Å². The van der Waals surface area contributed by atoms with E-state index in [1.807, 2.05) is 31.2 Å². The Labute approximate surface area is 166 Å². The van der Waals surface area contributed by atoms with Crippen molar-refractivity contribution in [2.24, 2.45) is 5.10 Å². The number of hydrazone groups is 1. The summed E-state index contributed by atoms with van der Waals surface area (Å²) < 4.78 is 6.88. The average molecular weight is 395 g/mol. The molecule has 0 aliphatic heterocycles. The minimum atomic E-state index is -0.517. The molecule has 0 atom stereocenters. The van der Waals surface area contributed by atoms with Crippen LogP contribution in [-0.4, -0.2) is 43.7 Å². The van der Waals surface area contributed by atoms with Crippen LogP contribution in [0.5, 0.6) is 5.75 Å². The molecule has 0 unspecified atom stereocenters. The van der Waals surface area contributed by atoms with Crippen molar-refractivity contribution in [2.45, 2.75) is 27.2 Å². The summed E-state index contributed by atoms with van der Waals surface area (Å²) in [4.78, 5) is 26.9. The first-order chi connectivity index (χ1) is 14.0. The number of benzene rings is 1. The fourth-order valence-electron chi connectivity index (χ4n) is 2.45. The highest BCUT2D eigenvalue weighted by molar-refractivity contribution is 5.94. The molecule has 29 heavy (non-hydrogen) atoms. The maximum atomic E-state index is 12.6. The summed E-state index contributed by atoms with van der Waals surface area (Å²) in [7, 11) is 0. The normalized spacial score (nSPS) is 11.0. The van der Waals surface area contributed by atoms with E-state index in [4.69, 9.17) is 4.74 Å². The molecule has 0 aliphatic rings. The van der Waals surface area contributed by atoms with Crippen LogP contribution in [0, 0.1) is 13.8 Å². The number of rotatable bonds is 7. The molecule has 0 radical (unpaired) electrons. The molecular weight excluding hydrogens is 374 g/mol. The van der Waals surface area contributed by atoms with Gasteiger partial charge in [-0.05, 0) is 38.5 Å². The summed E-state index contributed by atoms with van der Waals surface area (Å²) in [5.74, 6) is 0.207. The van der Waals surface area contributed by atoms with Crippen molar-refractivity contribution in [3.63, 3.8) is 0 Å². The van der Waals surface area contributed by atoms with Gasteiger partial charge in [0.25, 0.3) is 17.4 Å². The molecule has 1 amide bonds. The van der Waals surface area contributed by atoms with E-state index in [1.165, 1.54) is 17.8 Å². The molecule has 150 valence electrons. The van der Waals surface area contributed by atoms with Crippen molar-refractivity contribution in [1.82, 2.24) is 30.4 Å². The second kappa shape index (κ2) is 8.91. The minimum absolute atomic E-state index is 0.0427. The number of ether oxygens (including phenoxy) is 1. The summed E-state index contributed by atoms with van der Waals surface area (Å²) in [5, 5.41) is 15.9. The lowest BCUT2D eigenvalue weighted by Crippen LogP contribution is -2.24. The van der Waals surface area contributed by atoms with Crippen LogP contribution in [0.2, 0.25) is 0 Å². The third-order valence-electron chi connectivity index (χ3n) is 3.86. The van der Waals surface area contributed by atoms with Crippen molar-refractivity contribution in [1.29, 1.82) is 0 Å². The number of hydrogen-bond donors (Lipinski definition) is 2. The van der Waals surface area contributed by atoms with Crippen LogP contribution in [0.15, 0.2) is 40.2 Å². The van der Waals surface area contributed by atoms with Crippen molar-refractivity contribution >= 4 is 12.1 Å². The Bertz CT molecular complexity index is 1100. The summed E-state index contributed by atoms with van der Waals surface area (Å²) in [5.41, 5.74) is 3.73. The van der Waals surface area contributed by atoms with Gasteiger partial charge in [-0.3, -0.25) is 14.6 Å². The van der Waals surface area contributed by atoms with Gasteiger partial charge in [0.15, 0.2) is 0 Å². The van der Waals surface area contributed by atoms with Gasteiger partial charge in [-0.15, -0.1) is 10.2 Å². The zero-order valence-electron chi connectivity index (χ0n) is 16.3. The van der Waals surface area contributed by atoms with Gasteiger partial charge in [0, 0.05) is 5.56 Å². The van der Waals surface area contributed by atoms with Crippen LogP contribution in [0.1, 0.15) is 40.8 Å². The Hall–Kier alpha value is -3.82. The first-order valence-electron chi connectivity index (χ1n) is 9.05. The van der Waals surface area contributed by atoms with Crippen LogP contribution >= 0.6 is 0 Å². The number of aryl methyl sites for hydroxylation is 2. The SMILES string of the molecule is CCCOc1ccccc1/C=N\NC(=O)c1cc(C)nn1-c1nnc(C)c(=O)[nH]1. The molecule has 2 aromatic heterocycles. The number of carbonyl (C=O) groups is 1. The molecule has 3 aromatic rings. The number of nitrogens with zero attached hydrogens (tertiary/aromatic N) is 5. The first-order valence-corrected chi connectivity index (χ1v) is 9.05. The Morgan fingerprint density at radius 2 is 2.10 bits per heavy atom. The van der Waals surface area contributed by atoms with E-state index < -0.39 is 11.5 Å². The third-order valence-corrected chi connectivity index (χ3v) is 3.86. The fourth-order valence-corrected chi connectivity index (χ4v) is 2.45. The number of aromatic nitrogens is 5. The number of hydrogen-bond acceptors (Lipinski definition) is 7. The fraction of sp³-hybridized carbons (Fsp3) is 0.263. The van der Waals surface area contributed by atoms with Gasteiger partial charge in [0.2, 0.25) is 0 Å². The monoisotopic (exact) mass is 395 g/mol. The number of amides is 1. The molecule has 10 nitrogen and oxygen atoms in total. The van der Waals surface area contributed by atoms with E-state index in [0.29, 0.717) is 18.1 Å². The number of carbonyl (C=O) groups excluding carboxylic acids is 1. The second-order valence-electron chi connectivity index (χ2n) is 6.23. The van der Waals surface area contributed by atoms with Crippen molar-refractivity contribution in [2.75, 3.05) is 6.61 Å². The molecular formula is C19H21N7O3. The lowest BCUT2D eigenvalue weighted by Gasteiger charge is -2.07. The molecule has 10 heteroatoms. The Morgan fingerprint density at radius 1 is 1.31 bits per heavy atom. The summed E-state index contributed by atoms with van der Waals surface area (Å²) in [6, 6.07) is 8.95. The van der Waals surface area contributed by atoms with E-state index in [0.717, 1.165) is 12.0 Å². The average Bonchev–Trinajstić information content (AvgIpc) is 3.11. The Balaban J connectivity index is 1.80. The van der Waals surface area contributed by atoms with E-state index in [-0.39, 0.29) is 17.3 Å². The van der Waals surface area contributed by atoms with Crippen LogP contribution < -0.4 is 15.7 Å². The predicted octanol–water partition coefficient (Wildman–Crippen LogP) is 1.52. The largest absolute Gasteiger partial charge is 0.493 e. The molecule has 2 N–H and O–H groups in total. The van der Waals surface area contributed by atoms with E-state index in [2.05, 4.69) is 30.8 Å². The lowest BCUT2D eigenvalue weighted by molar-refractivity contribution is 0.0947. The zero-order chi connectivity index (χ0) is 20.8. The maximum absolute atomic E-state index is 12.6. The molecule has 1 aromatic carbocycles. The molecule has 0 saturated heterocycles. The summed E-state index contributed by atoms with van der Waals surface area (Å²) >= 11 is 0. The third kappa shape index (κ3) is 4.72. The number of nitrogens with one attached hydrogen (secondary N) is 2. The van der Waals surface area contributed by atoms with E-state index in [1.54, 1.807) is 13.0 Å². The number of para-hydroxylation sites is 1. The van der Waals surface area contributed by atoms with E-state index in [9.17, 15) is 9.59 Å². The standard InChI is InChI=1S/C19H21N7O3/c1-4-9-29-16-8-6-5-7-14(16)11-20-23-18(28)15-10-12(2)25-26(15)19-21-17(27)13(3)22-24-19/h5-8,10-11H,4,9H2,1-3H3,(H,23,28)(H,21,24,27)/b20-11-. The summed E-state index contributed by atoms with van der Waals surface area (Å²) in [6.45, 7) is 5.87. The van der Waals surface area contributed by atoms with Gasteiger partial charge in [0.05, 0.1) is 18.5 Å². The first kappa shape index (κ1) is 19.9. The number of H-pyrrole nitrogens is 1. The zero-order valence-corrected chi connectivity index (χ0v) is 16.3. The van der Waals surface area contributed by atoms with Crippen molar-refractivity contribution in [3.05, 3.63) is 63.3 Å². The molecule has 2 heterocycles. The van der Waals surface area contributed by atoms with Crippen LogP contribution in [0.3, 0.4) is 0 Å². The Kier molecular flexibility index (Phi) is 6.12. The summed E-state index contributed by atoms with van der Waals surface area (Å²) in [6.07, 6.45) is 2.39. The number of aromatic amines is 1. The predicted molar refractivity (Wildman–Crippen MR) is 107 cm³/mol. The minimum Gasteiger partial charge on any atom is -0.493 e. The maximum Gasteiger partial charge on any atom is 0.290 e. The Morgan fingerprint density at radius 3 is 2.86 bits per heavy atom. The smallest absolute Gasteiger partial charge is 0.290 e. The van der Waals surface area contributed by atoms with Gasteiger partial charge >= 0.3 is 0 Å². The van der Waals surface area contributed by atoms with Gasteiger partial charge < -0.3 is 4.74 Å². The molecule has 0 spiro atoms. The van der Waals surface area contributed by atoms with Gasteiger partial charge in [0.1, 0.15) is 17.1 Å². The van der Waals surface area contributed by atoms with Gasteiger partial charge in [-0.25, -0.2) is 5.43 Å². The van der Waals surface area contributed by atoms with Crippen LogP contribution in [0.25, 0.3) is 5.95 Å². The topological polar surface area (TPSA) is 127 Å². The highest BCUT2D eigenvalue weighted by Crippen LogP contribution is 2.16. The van der Waals surface area contributed by atoms with Gasteiger partial charge in [-0.2, -0.15) is 14.9 Å². The van der Waals surface area contributed by atoms with Gasteiger partial charge in [-0.1, -0.05) is 19.1 Å². The lowest BCUT2D eigenvalue weighted by atomic mass is 10.2. The highest BCUT2D eigenvalue weighted by atomic mass is 16.5. The second-order valence-corrected chi connectivity index (χ2v) is 6.23. The molecule has 0 bridgehead atoms. The highest BCUT2D eigenvalue weighted by Gasteiger charge is 2.17. The quantitative estimate of drug-likeness (QED) is 0.461. The molecule has 0 aliphatic carbocycles. The van der Waals surface area contributed by atoms with Crippen LogP contribution in [0.4, 0.5) is 0 Å². The molecule has 0 fully saturated rings. The molecule has 0 saturated carbocycles. The van der Waals surface area contributed by atoms with Crippen molar-refractivity contribution in [3.8, 4) is 11.7 Å².